The van der Waals surface area contributed by atoms with Crippen LogP contribution in [0.3, 0.4) is 0 Å². The highest BCUT2D eigenvalue weighted by Gasteiger charge is 2.50. The van der Waals surface area contributed by atoms with Gasteiger partial charge < -0.3 is 25.0 Å². The minimum absolute atomic E-state index is 0.0657. The van der Waals surface area contributed by atoms with Crippen LogP contribution in [0.15, 0.2) is 72.8 Å². The number of nitrogens with zero attached hydrogens (tertiary/aromatic N) is 1. The van der Waals surface area contributed by atoms with Gasteiger partial charge in [0.15, 0.2) is 11.5 Å². The third kappa shape index (κ3) is 4.65. The number of anilines is 1. The molecule has 3 atom stereocenters. The van der Waals surface area contributed by atoms with Crippen LogP contribution >= 0.6 is 0 Å². The van der Waals surface area contributed by atoms with E-state index in [4.69, 9.17) is 9.47 Å². The molecule has 6 heteroatoms. The number of urea groups is 1. The number of likely N-dealkylation sites (N-methyl/N-ethyl adjacent to an activating group) is 1. The zero-order chi connectivity index (χ0) is 25.1. The molecular formula is C30H35N3O3. The Morgan fingerprint density at radius 2 is 1.64 bits per heavy atom. The maximum atomic E-state index is 12.8. The van der Waals surface area contributed by atoms with E-state index in [2.05, 4.69) is 46.8 Å². The number of nitrogens with one attached hydrogen (secondary N) is 2. The molecule has 36 heavy (non-hydrogen) atoms. The van der Waals surface area contributed by atoms with Gasteiger partial charge in [0.05, 0.1) is 14.2 Å². The van der Waals surface area contributed by atoms with Gasteiger partial charge in [0.2, 0.25) is 0 Å². The van der Waals surface area contributed by atoms with Crippen molar-refractivity contribution in [3.8, 4) is 22.6 Å². The first-order chi connectivity index (χ1) is 17.5. The number of benzene rings is 3. The highest BCUT2D eigenvalue weighted by Crippen LogP contribution is 2.49. The number of hydrogen-bond donors (Lipinski definition) is 2. The topological polar surface area (TPSA) is 62.8 Å². The van der Waals surface area contributed by atoms with Crippen molar-refractivity contribution in [1.82, 2.24) is 10.2 Å². The van der Waals surface area contributed by atoms with Crippen LogP contribution in [0.4, 0.5) is 10.5 Å². The van der Waals surface area contributed by atoms with Crippen molar-refractivity contribution in [2.75, 3.05) is 33.1 Å². The van der Waals surface area contributed by atoms with Gasteiger partial charge in [-0.3, -0.25) is 0 Å². The molecule has 0 aromatic heterocycles. The molecule has 0 radical (unpaired) electrons. The van der Waals surface area contributed by atoms with E-state index in [1.165, 1.54) is 5.56 Å². The van der Waals surface area contributed by atoms with E-state index in [-0.39, 0.29) is 17.5 Å². The summed E-state index contributed by atoms with van der Waals surface area (Å²) in [6.45, 7) is 1.05. The first-order valence-corrected chi connectivity index (χ1v) is 12.7. The molecule has 5 rings (SSSR count). The highest BCUT2D eigenvalue weighted by molar-refractivity contribution is 5.89. The summed E-state index contributed by atoms with van der Waals surface area (Å²) >= 11 is 0. The number of carbonyl (C=O) groups is 1. The Kier molecular flexibility index (Phi) is 6.88. The van der Waals surface area contributed by atoms with Crippen LogP contribution in [0.5, 0.6) is 11.5 Å². The first kappa shape index (κ1) is 24.2. The average Bonchev–Trinajstić information content (AvgIpc) is 3.26. The summed E-state index contributed by atoms with van der Waals surface area (Å²) in [5.74, 6) is 1.53. The second-order valence-electron chi connectivity index (χ2n) is 9.99. The summed E-state index contributed by atoms with van der Waals surface area (Å²) in [4.78, 5) is 15.3. The lowest BCUT2D eigenvalue weighted by Crippen LogP contribution is -2.52. The van der Waals surface area contributed by atoms with Crippen molar-refractivity contribution in [3.63, 3.8) is 0 Å². The van der Waals surface area contributed by atoms with E-state index < -0.39 is 0 Å². The van der Waals surface area contributed by atoms with E-state index in [0.29, 0.717) is 6.04 Å². The Hall–Kier alpha value is -3.51. The summed E-state index contributed by atoms with van der Waals surface area (Å²) in [5.41, 5.74) is 4.45. The number of fused-ring (bicyclic) bond motifs is 1. The van der Waals surface area contributed by atoms with Crippen molar-refractivity contribution >= 4 is 11.7 Å². The maximum Gasteiger partial charge on any atom is 0.319 e. The van der Waals surface area contributed by atoms with Crippen LogP contribution in [0.25, 0.3) is 11.1 Å². The van der Waals surface area contributed by atoms with Gasteiger partial charge in [-0.25, -0.2) is 4.79 Å². The molecule has 3 unspecified atom stereocenters. The summed E-state index contributed by atoms with van der Waals surface area (Å²) in [6.07, 6.45) is 3.99. The van der Waals surface area contributed by atoms with Gasteiger partial charge in [-0.15, -0.1) is 0 Å². The third-order valence-corrected chi connectivity index (χ3v) is 8.07. The summed E-state index contributed by atoms with van der Waals surface area (Å²) in [6, 6.07) is 24.9. The molecule has 1 aliphatic heterocycles. The van der Waals surface area contributed by atoms with Gasteiger partial charge in [-0.2, -0.15) is 0 Å². The van der Waals surface area contributed by atoms with E-state index in [9.17, 15) is 4.79 Å². The highest BCUT2D eigenvalue weighted by atomic mass is 16.5. The number of hydrogen-bond acceptors (Lipinski definition) is 4. The molecule has 0 bridgehead atoms. The molecule has 1 heterocycles. The monoisotopic (exact) mass is 485 g/mol. The van der Waals surface area contributed by atoms with E-state index in [0.717, 1.165) is 60.5 Å². The molecule has 1 saturated heterocycles. The Morgan fingerprint density at radius 1 is 0.917 bits per heavy atom. The van der Waals surface area contributed by atoms with Crippen LogP contribution in [0, 0.1) is 0 Å². The molecule has 1 aliphatic carbocycles. The van der Waals surface area contributed by atoms with Crippen LogP contribution in [-0.4, -0.2) is 50.8 Å². The molecule has 3 aromatic carbocycles. The lowest BCUT2D eigenvalue weighted by molar-refractivity contribution is 0.156. The van der Waals surface area contributed by atoms with Crippen LogP contribution < -0.4 is 20.1 Å². The van der Waals surface area contributed by atoms with E-state index in [1.54, 1.807) is 14.2 Å². The molecule has 3 aromatic rings. The number of ether oxygens (including phenoxy) is 2. The molecule has 2 N–H and O–H groups in total. The first-order valence-electron chi connectivity index (χ1n) is 12.7. The lowest BCUT2D eigenvalue weighted by atomic mass is 9.65. The standard InChI is InChI=1S/C30H35N3O3/c1-33-18-17-30(23-11-14-26(35-2)27(19-23)36-3)16-15-25(20-28(30)33)32-29(34)31-24-12-9-22(10-13-24)21-7-5-4-6-8-21/h4-14,19,25,28H,15-18,20H2,1-3H3,(H2,31,32,34). The molecule has 2 amide bonds. The number of carbonyl (C=O) groups excluding carboxylic acids is 1. The summed E-state index contributed by atoms with van der Waals surface area (Å²) < 4.78 is 11.1. The zero-order valence-corrected chi connectivity index (χ0v) is 21.3. The van der Waals surface area contributed by atoms with Crippen LogP contribution in [0.1, 0.15) is 31.2 Å². The zero-order valence-electron chi connectivity index (χ0n) is 21.3. The Morgan fingerprint density at radius 3 is 2.36 bits per heavy atom. The number of rotatable bonds is 6. The predicted octanol–water partition coefficient (Wildman–Crippen LogP) is 5.69. The molecule has 188 valence electrons. The summed E-state index contributed by atoms with van der Waals surface area (Å²) in [7, 11) is 5.55. The van der Waals surface area contributed by atoms with Gasteiger partial charge in [-0.05, 0) is 80.2 Å². The minimum Gasteiger partial charge on any atom is -0.493 e. The third-order valence-electron chi connectivity index (χ3n) is 8.07. The molecule has 2 fully saturated rings. The van der Waals surface area contributed by atoms with Crippen molar-refractivity contribution in [2.45, 2.75) is 43.2 Å². The maximum absolute atomic E-state index is 12.8. The average molecular weight is 486 g/mol. The fourth-order valence-electron chi connectivity index (χ4n) is 6.12. The van der Waals surface area contributed by atoms with Crippen molar-refractivity contribution in [2.24, 2.45) is 0 Å². The smallest absolute Gasteiger partial charge is 0.319 e. The largest absolute Gasteiger partial charge is 0.493 e. The predicted molar refractivity (Wildman–Crippen MR) is 144 cm³/mol. The van der Waals surface area contributed by atoms with Gasteiger partial charge in [-0.1, -0.05) is 48.5 Å². The van der Waals surface area contributed by atoms with Crippen LogP contribution in [-0.2, 0) is 5.41 Å². The van der Waals surface area contributed by atoms with Crippen molar-refractivity contribution in [3.05, 3.63) is 78.4 Å². The normalized spacial score (nSPS) is 23.5. The quantitative estimate of drug-likeness (QED) is 0.471. The van der Waals surface area contributed by atoms with E-state index in [1.807, 2.05) is 48.5 Å². The Labute approximate surface area is 213 Å². The molecule has 0 spiro atoms. The molecular weight excluding hydrogens is 450 g/mol. The van der Waals surface area contributed by atoms with Crippen molar-refractivity contribution in [1.29, 1.82) is 0 Å². The number of methoxy groups -OCH3 is 2. The fourth-order valence-corrected chi connectivity index (χ4v) is 6.12. The second-order valence-corrected chi connectivity index (χ2v) is 9.99. The van der Waals surface area contributed by atoms with Gasteiger partial charge in [0.25, 0.3) is 0 Å². The van der Waals surface area contributed by atoms with Gasteiger partial charge in [0.1, 0.15) is 0 Å². The minimum atomic E-state index is -0.147. The fraction of sp³-hybridized carbons (Fsp3) is 0.367. The number of amides is 2. The SMILES string of the molecule is COc1ccc(C23CCC(NC(=O)Nc4ccc(-c5ccccc5)cc4)CC2N(C)CC3)cc1OC. The Bertz CT molecular complexity index is 1200. The molecule has 6 nitrogen and oxygen atoms in total. The van der Waals surface area contributed by atoms with Gasteiger partial charge in [0, 0.05) is 23.2 Å². The van der Waals surface area contributed by atoms with Crippen LogP contribution in [0.2, 0.25) is 0 Å². The lowest BCUT2D eigenvalue weighted by Gasteiger charge is -2.45. The number of likely N-dealkylation sites (tertiary alicyclic amines) is 1. The van der Waals surface area contributed by atoms with E-state index >= 15 is 0 Å². The van der Waals surface area contributed by atoms with Crippen molar-refractivity contribution < 1.29 is 14.3 Å². The molecule has 2 aliphatic rings. The Balaban J connectivity index is 1.24. The molecule has 1 saturated carbocycles. The second kappa shape index (κ2) is 10.2. The summed E-state index contributed by atoms with van der Waals surface area (Å²) in [5, 5.41) is 6.25. The van der Waals surface area contributed by atoms with Gasteiger partial charge >= 0.3 is 6.03 Å².